The first-order valence-corrected chi connectivity index (χ1v) is 8.90. The Morgan fingerprint density at radius 2 is 1.85 bits per heavy atom. The molecular weight excluding hydrogens is 340 g/mol. The van der Waals surface area contributed by atoms with Gasteiger partial charge in [0, 0.05) is 25.4 Å². The number of methoxy groups -OCH3 is 2. The average Bonchev–Trinajstić information content (AvgIpc) is 2.74. The van der Waals surface area contributed by atoms with E-state index in [-0.39, 0.29) is 0 Å². The predicted octanol–water partition coefficient (Wildman–Crippen LogP) is 3.80. The summed E-state index contributed by atoms with van der Waals surface area (Å²) in [6.07, 6.45) is 2.78. The van der Waals surface area contributed by atoms with Gasteiger partial charge in [0.15, 0.2) is 0 Å². The molecule has 6 heteroatoms. The number of aromatic nitrogens is 2. The Balaban J connectivity index is 1.55. The second-order valence-corrected chi connectivity index (χ2v) is 6.37. The van der Waals surface area contributed by atoms with E-state index >= 15 is 0 Å². The molecule has 4 rings (SSSR count). The lowest BCUT2D eigenvalue weighted by atomic mass is 10.0. The van der Waals surface area contributed by atoms with Crippen molar-refractivity contribution < 1.29 is 9.47 Å². The van der Waals surface area contributed by atoms with Gasteiger partial charge in [0.25, 0.3) is 0 Å². The predicted molar refractivity (Wildman–Crippen MR) is 106 cm³/mol. The zero-order valence-electron chi connectivity index (χ0n) is 15.5. The van der Waals surface area contributed by atoms with Crippen LogP contribution in [0.1, 0.15) is 11.1 Å². The number of benzene rings is 2. The third-order valence-electron chi connectivity index (χ3n) is 4.73. The molecule has 2 aromatic carbocycles. The lowest BCUT2D eigenvalue weighted by Crippen LogP contribution is -2.31. The fourth-order valence-electron chi connectivity index (χ4n) is 3.28. The van der Waals surface area contributed by atoms with Gasteiger partial charge in [-0.15, -0.1) is 0 Å². The monoisotopic (exact) mass is 362 g/mol. The molecule has 6 nitrogen and oxygen atoms in total. The zero-order valence-corrected chi connectivity index (χ0v) is 15.5. The number of hydrogen-bond donors (Lipinski definition) is 1. The van der Waals surface area contributed by atoms with E-state index < -0.39 is 0 Å². The van der Waals surface area contributed by atoms with Crippen molar-refractivity contribution in [3.8, 4) is 11.5 Å². The summed E-state index contributed by atoms with van der Waals surface area (Å²) in [5.74, 6) is 2.89. The minimum absolute atomic E-state index is 0.696. The van der Waals surface area contributed by atoms with Crippen molar-refractivity contribution in [3.63, 3.8) is 0 Å². The van der Waals surface area contributed by atoms with Crippen molar-refractivity contribution >= 4 is 17.5 Å². The Morgan fingerprint density at radius 3 is 2.67 bits per heavy atom. The van der Waals surface area contributed by atoms with Crippen molar-refractivity contribution in [2.45, 2.75) is 13.0 Å². The van der Waals surface area contributed by atoms with Gasteiger partial charge in [-0.05, 0) is 35.7 Å². The van der Waals surface area contributed by atoms with E-state index in [1.807, 2.05) is 24.3 Å². The molecule has 1 N–H and O–H groups in total. The molecule has 0 fully saturated rings. The summed E-state index contributed by atoms with van der Waals surface area (Å²) in [5.41, 5.74) is 3.57. The topological polar surface area (TPSA) is 59.5 Å². The number of rotatable bonds is 5. The Bertz CT molecular complexity index is 945. The highest BCUT2D eigenvalue weighted by Gasteiger charge is 2.18. The van der Waals surface area contributed by atoms with Crippen molar-refractivity contribution in [1.29, 1.82) is 0 Å². The van der Waals surface area contributed by atoms with E-state index in [0.29, 0.717) is 5.75 Å². The van der Waals surface area contributed by atoms with Crippen molar-refractivity contribution in [1.82, 2.24) is 9.97 Å². The number of ether oxygens (including phenoxy) is 2. The Morgan fingerprint density at radius 1 is 1.00 bits per heavy atom. The molecular formula is C21H22N4O2. The largest absolute Gasteiger partial charge is 0.497 e. The van der Waals surface area contributed by atoms with Gasteiger partial charge in [-0.3, -0.25) is 0 Å². The first-order chi connectivity index (χ1) is 13.3. The summed E-state index contributed by atoms with van der Waals surface area (Å²) < 4.78 is 10.7. The smallest absolute Gasteiger partial charge is 0.227 e. The maximum atomic E-state index is 5.45. The first kappa shape index (κ1) is 17.1. The van der Waals surface area contributed by atoms with Crippen molar-refractivity contribution in [2.75, 3.05) is 31.0 Å². The molecule has 0 unspecified atom stereocenters. The molecule has 0 aliphatic carbocycles. The van der Waals surface area contributed by atoms with Crippen molar-refractivity contribution in [2.24, 2.45) is 0 Å². The molecule has 0 saturated heterocycles. The third-order valence-corrected chi connectivity index (χ3v) is 4.73. The van der Waals surface area contributed by atoms with Crippen molar-refractivity contribution in [3.05, 3.63) is 65.9 Å². The molecule has 1 aromatic heterocycles. The van der Waals surface area contributed by atoms with Gasteiger partial charge in [-0.1, -0.05) is 24.3 Å². The summed E-state index contributed by atoms with van der Waals surface area (Å²) in [6.45, 7) is 1.73. The molecule has 1 aliphatic rings. The van der Waals surface area contributed by atoms with Crippen LogP contribution in [0.3, 0.4) is 0 Å². The Labute approximate surface area is 158 Å². The van der Waals surface area contributed by atoms with Gasteiger partial charge in [0.05, 0.1) is 19.9 Å². The van der Waals surface area contributed by atoms with E-state index in [1.165, 1.54) is 11.1 Å². The van der Waals surface area contributed by atoms with E-state index in [0.717, 1.165) is 42.7 Å². The summed E-state index contributed by atoms with van der Waals surface area (Å²) in [5, 5.41) is 3.32. The number of fused-ring (bicyclic) bond motifs is 1. The van der Waals surface area contributed by atoms with Crippen LogP contribution in [0.2, 0.25) is 0 Å². The quantitative estimate of drug-likeness (QED) is 0.745. The highest BCUT2D eigenvalue weighted by Crippen LogP contribution is 2.31. The standard InChI is InChI=1S/C21H22N4O2/c1-26-17-7-8-18(19(13-17)27-2)23-20-9-11-22-21(24-20)25-12-10-15-5-3-4-6-16(15)14-25/h3-9,11,13H,10,12,14H2,1-2H3,(H,22,23,24). The summed E-state index contributed by atoms with van der Waals surface area (Å²) >= 11 is 0. The van der Waals surface area contributed by atoms with Gasteiger partial charge in [-0.2, -0.15) is 4.98 Å². The van der Waals surface area contributed by atoms with Gasteiger partial charge in [0.2, 0.25) is 5.95 Å². The molecule has 1 aliphatic heterocycles. The van der Waals surface area contributed by atoms with E-state index in [9.17, 15) is 0 Å². The van der Waals surface area contributed by atoms with E-state index in [4.69, 9.17) is 14.5 Å². The SMILES string of the molecule is COc1ccc(Nc2ccnc(N3CCc4ccccc4C3)n2)c(OC)c1. The van der Waals surface area contributed by atoms with Crippen LogP contribution in [0.4, 0.5) is 17.5 Å². The molecule has 2 heterocycles. The highest BCUT2D eigenvalue weighted by molar-refractivity contribution is 5.66. The minimum Gasteiger partial charge on any atom is -0.497 e. The molecule has 138 valence electrons. The summed E-state index contributed by atoms with van der Waals surface area (Å²) in [4.78, 5) is 11.4. The molecule has 0 spiro atoms. The molecule has 0 saturated carbocycles. The fourth-order valence-corrected chi connectivity index (χ4v) is 3.28. The summed E-state index contributed by atoms with van der Waals surface area (Å²) in [6, 6.07) is 16.0. The van der Waals surface area contributed by atoms with Crippen LogP contribution in [0.25, 0.3) is 0 Å². The van der Waals surface area contributed by atoms with Crippen LogP contribution in [-0.2, 0) is 13.0 Å². The van der Waals surface area contributed by atoms with Gasteiger partial charge < -0.3 is 19.7 Å². The van der Waals surface area contributed by atoms with Gasteiger partial charge >= 0.3 is 0 Å². The maximum absolute atomic E-state index is 5.45. The van der Waals surface area contributed by atoms with Crippen LogP contribution in [0, 0.1) is 0 Å². The normalized spacial score (nSPS) is 13.0. The van der Waals surface area contributed by atoms with E-state index in [2.05, 4.69) is 39.5 Å². The third kappa shape index (κ3) is 3.65. The molecule has 0 radical (unpaired) electrons. The number of hydrogen-bond acceptors (Lipinski definition) is 6. The van der Waals surface area contributed by atoms with Gasteiger partial charge in [0.1, 0.15) is 17.3 Å². The van der Waals surface area contributed by atoms with Crippen LogP contribution in [0.5, 0.6) is 11.5 Å². The second-order valence-electron chi connectivity index (χ2n) is 6.37. The van der Waals surface area contributed by atoms with Crippen LogP contribution < -0.4 is 19.7 Å². The lowest BCUT2D eigenvalue weighted by molar-refractivity contribution is 0.395. The van der Waals surface area contributed by atoms with Crippen LogP contribution >= 0.6 is 0 Å². The Hall–Kier alpha value is -3.28. The number of nitrogens with zero attached hydrogens (tertiary/aromatic N) is 3. The zero-order chi connectivity index (χ0) is 18.6. The molecule has 0 bridgehead atoms. The van der Waals surface area contributed by atoms with E-state index in [1.54, 1.807) is 20.4 Å². The molecule has 0 atom stereocenters. The Kier molecular flexibility index (Phi) is 4.78. The average molecular weight is 362 g/mol. The highest BCUT2D eigenvalue weighted by atomic mass is 16.5. The maximum Gasteiger partial charge on any atom is 0.227 e. The minimum atomic E-state index is 0.696. The fraction of sp³-hybridized carbons (Fsp3) is 0.238. The van der Waals surface area contributed by atoms with Crippen LogP contribution in [-0.4, -0.2) is 30.7 Å². The number of anilines is 3. The molecule has 27 heavy (non-hydrogen) atoms. The molecule has 3 aromatic rings. The van der Waals surface area contributed by atoms with Gasteiger partial charge in [-0.25, -0.2) is 4.98 Å². The lowest BCUT2D eigenvalue weighted by Gasteiger charge is -2.29. The number of nitrogens with one attached hydrogen (secondary N) is 1. The molecule has 0 amide bonds. The second kappa shape index (κ2) is 7.53. The first-order valence-electron chi connectivity index (χ1n) is 8.90. The summed E-state index contributed by atoms with van der Waals surface area (Å²) in [7, 11) is 3.27. The van der Waals surface area contributed by atoms with Crippen LogP contribution in [0.15, 0.2) is 54.7 Å².